The topological polar surface area (TPSA) is 52.6 Å². The van der Waals surface area contributed by atoms with Crippen molar-refractivity contribution in [3.05, 3.63) is 35.4 Å². The van der Waals surface area contributed by atoms with Gasteiger partial charge in [0, 0.05) is 6.42 Å². The second-order valence-corrected chi connectivity index (χ2v) is 6.86. The standard InChI is InChI=1S/C18H24O4/c1-17(2,3)22-15(19)10-7-13-5-8-14(9-6-13)18(11-12-18)16(20)21-4/h5-6,8-9H,7,10-12H2,1-4H3. The zero-order chi connectivity index (χ0) is 16.4. The normalized spacial score (nSPS) is 16.0. The molecule has 0 spiro atoms. The molecule has 0 heterocycles. The summed E-state index contributed by atoms with van der Waals surface area (Å²) < 4.78 is 10.2. The Morgan fingerprint density at radius 3 is 2.18 bits per heavy atom. The highest BCUT2D eigenvalue weighted by molar-refractivity contribution is 5.86. The number of benzene rings is 1. The molecular formula is C18H24O4. The van der Waals surface area contributed by atoms with Crippen molar-refractivity contribution < 1.29 is 19.1 Å². The number of aryl methyl sites for hydroxylation is 1. The molecule has 1 aromatic carbocycles. The first-order chi connectivity index (χ1) is 10.3. The number of methoxy groups -OCH3 is 1. The van der Waals surface area contributed by atoms with E-state index in [0.29, 0.717) is 12.8 Å². The summed E-state index contributed by atoms with van der Waals surface area (Å²) >= 11 is 0. The van der Waals surface area contributed by atoms with Crippen LogP contribution in [0.1, 0.15) is 51.2 Å². The zero-order valence-corrected chi connectivity index (χ0v) is 13.8. The molecule has 0 N–H and O–H groups in total. The Hall–Kier alpha value is -1.84. The Kier molecular flexibility index (Phi) is 4.59. The summed E-state index contributed by atoms with van der Waals surface area (Å²) in [5.74, 6) is -0.348. The predicted octanol–water partition coefficient (Wildman–Crippen LogP) is 3.17. The average Bonchev–Trinajstić information content (AvgIpc) is 3.24. The van der Waals surface area contributed by atoms with E-state index in [2.05, 4.69) is 0 Å². The van der Waals surface area contributed by atoms with Crippen LogP contribution in [0, 0.1) is 0 Å². The molecule has 2 rings (SSSR count). The van der Waals surface area contributed by atoms with Crippen LogP contribution >= 0.6 is 0 Å². The Balaban J connectivity index is 1.93. The zero-order valence-electron chi connectivity index (χ0n) is 13.8. The molecule has 0 bridgehead atoms. The van der Waals surface area contributed by atoms with Gasteiger partial charge in [-0.25, -0.2) is 0 Å². The monoisotopic (exact) mass is 304 g/mol. The third-order valence-corrected chi connectivity index (χ3v) is 3.87. The van der Waals surface area contributed by atoms with Crippen molar-refractivity contribution in [3.63, 3.8) is 0 Å². The summed E-state index contributed by atoms with van der Waals surface area (Å²) in [6, 6.07) is 7.88. The van der Waals surface area contributed by atoms with Gasteiger partial charge < -0.3 is 9.47 Å². The van der Waals surface area contributed by atoms with E-state index in [1.807, 2.05) is 45.0 Å². The molecule has 0 amide bonds. The maximum atomic E-state index is 11.8. The van der Waals surface area contributed by atoms with Crippen molar-refractivity contribution in [3.8, 4) is 0 Å². The molecule has 1 aliphatic carbocycles. The fourth-order valence-electron chi connectivity index (χ4n) is 2.56. The molecule has 120 valence electrons. The van der Waals surface area contributed by atoms with E-state index >= 15 is 0 Å². The minimum atomic E-state index is -0.445. The Morgan fingerprint density at radius 2 is 1.73 bits per heavy atom. The third-order valence-electron chi connectivity index (χ3n) is 3.87. The number of rotatable bonds is 5. The molecule has 0 unspecified atom stereocenters. The molecule has 4 heteroatoms. The summed E-state index contributed by atoms with van der Waals surface area (Å²) in [4.78, 5) is 23.6. The van der Waals surface area contributed by atoms with Crippen molar-refractivity contribution in [2.45, 2.75) is 57.5 Å². The molecular weight excluding hydrogens is 280 g/mol. The number of esters is 2. The summed E-state index contributed by atoms with van der Waals surface area (Å²) in [5.41, 5.74) is 1.19. The molecule has 4 nitrogen and oxygen atoms in total. The van der Waals surface area contributed by atoms with Gasteiger partial charge >= 0.3 is 11.9 Å². The van der Waals surface area contributed by atoms with Gasteiger partial charge in [-0.3, -0.25) is 9.59 Å². The largest absolute Gasteiger partial charge is 0.468 e. The van der Waals surface area contributed by atoms with Gasteiger partial charge in [0.25, 0.3) is 0 Å². The number of carbonyl (C=O) groups excluding carboxylic acids is 2. The lowest BCUT2D eigenvalue weighted by atomic mass is 9.94. The number of ether oxygens (including phenoxy) is 2. The van der Waals surface area contributed by atoms with Crippen LogP contribution in [0.5, 0.6) is 0 Å². The maximum Gasteiger partial charge on any atom is 0.316 e. The first-order valence-electron chi connectivity index (χ1n) is 7.66. The number of hydrogen-bond donors (Lipinski definition) is 0. The van der Waals surface area contributed by atoms with E-state index in [1.54, 1.807) is 0 Å². The van der Waals surface area contributed by atoms with E-state index < -0.39 is 11.0 Å². The Morgan fingerprint density at radius 1 is 1.14 bits per heavy atom. The van der Waals surface area contributed by atoms with Crippen molar-refractivity contribution in [2.24, 2.45) is 0 Å². The molecule has 0 aromatic heterocycles. The smallest absolute Gasteiger partial charge is 0.316 e. The predicted molar refractivity (Wildman–Crippen MR) is 83.5 cm³/mol. The Bertz CT molecular complexity index is 547. The number of carbonyl (C=O) groups is 2. The first kappa shape index (κ1) is 16.5. The van der Waals surface area contributed by atoms with Crippen molar-refractivity contribution >= 4 is 11.9 Å². The molecule has 0 aliphatic heterocycles. The van der Waals surface area contributed by atoms with Crippen LogP contribution < -0.4 is 0 Å². The lowest BCUT2D eigenvalue weighted by molar-refractivity contribution is -0.154. The summed E-state index contributed by atoms with van der Waals surface area (Å²) in [6.07, 6.45) is 2.69. The fraction of sp³-hybridized carbons (Fsp3) is 0.556. The first-order valence-corrected chi connectivity index (χ1v) is 7.66. The molecule has 0 saturated heterocycles. The van der Waals surface area contributed by atoms with Crippen LogP contribution in [0.25, 0.3) is 0 Å². The van der Waals surface area contributed by atoms with Gasteiger partial charge in [-0.15, -0.1) is 0 Å². The summed E-state index contributed by atoms with van der Waals surface area (Å²) in [6.45, 7) is 5.59. The lowest BCUT2D eigenvalue weighted by Gasteiger charge is -2.19. The highest BCUT2D eigenvalue weighted by atomic mass is 16.6. The second-order valence-electron chi connectivity index (χ2n) is 6.86. The Labute approximate surface area is 131 Å². The van der Waals surface area contributed by atoms with Gasteiger partial charge in [0.05, 0.1) is 12.5 Å². The van der Waals surface area contributed by atoms with Gasteiger partial charge in [0.2, 0.25) is 0 Å². The molecule has 0 radical (unpaired) electrons. The maximum absolute atomic E-state index is 11.8. The van der Waals surface area contributed by atoms with Gasteiger partial charge in [-0.05, 0) is 51.2 Å². The molecule has 0 atom stereocenters. The SMILES string of the molecule is COC(=O)C1(c2ccc(CCC(=O)OC(C)(C)C)cc2)CC1. The van der Waals surface area contributed by atoms with Gasteiger partial charge in [0.1, 0.15) is 5.60 Å². The van der Waals surface area contributed by atoms with Crippen LogP contribution in [0.15, 0.2) is 24.3 Å². The fourth-order valence-corrected chi connectivity index (χ4v) is 2.56. The minimum absolute atomic E-state index is 0.158. The van der Waals surface area contributed by atoms with Crippen LogP contribution in [0.3, 0.4) is 0 Å². The molecule has 1 saturated carbocycles. The van der Waals surface area contributed by atoms with Crippen molar-refractivity contribution in [2.75, 3.05) is 7.11 Å². The van der Waals surface area contributed by atoms with Gasteiger partial charge in [-0.2, -0.15) is 0 Å². The second kappa shape index (κ2) is 6.11. The van der Waals surface area contributed by atoms with E-state index in [9.17, 15) is 9.59 Å². The minimum Gasteiger partial charge on any atom is -0.468 e. The van der Waals surface area contributed by atoms with E-state index in [1.165, 1.54) is 7.11 Å². The van der Waals surface area contributed by atoms with Crippen LogP contribution in [0.4, 0.5) is 0 Å². The van der Waals surface area contributed by atoms with Gasteiger partial charge in [-0.1, -0.05) is 24.3 Å². The lowest BCUT2D eigenvalue weighted by Crippen LogP contribution is -2.24. The molecule has 1 aliphatic rings. The van der Waals surface area contributed by atoms with Crippen molar-refractivity contribution in [1.29, 1.82) is 0 Å². The van der Waals surface area contributed by atoms with E-state index in [-0.39, 0.29) is 11.9 Å². The van der Waals surface area contributed by atoms with Crippen molar-refractivity contribution in [1.82, 2.24) is 0 Å². The quantitative estimate of drug-likeness (QED) is 0.784. The third kappa shape index (κ3) is 3.87. The molecule has 1 fully saturated rings. The highest BCUT2D eigenvalue weighted by Gasteiger charge is 2.52. The van der Waals surface area contributed by atoms with E-state index in [0.717, 1.165) is 24.0 Å². The highest BCUT2D eigenvalue weighted by Crippen LogP contribution is 2.49. The number of hydrogen-bond acceptors (Lipinski definition) is 4. The summed E-state index contributed by atoms with van der Waals surface area (Å²) in [7, 11) is 1.43. The van der Waals surface area contributed by atoms with E-state index in [4.69, 9.17) is 9.47 Å². The molecule has 1 aromatic rings. The summed E-state index contributed by atoms with van der Waals surface area (Å²) in [5, 5.41) is 0. The van der Waals surface area contributed by atoms with Crippen LogP contribution in [0.2, 0.25) is 0 Å². The van der Waals surface area contributed by atoms with Gasteiger partial charge in [0.15, 0.2) is 0 Å². The molecule has 22 heavy (non-hydrogen) atoms. The van der Waals surface area contributed by atoms with Crippen LogP contribution in [-0.2, 0) is 30.9 Å². The average molecular weight is 304 g/mol. The van der Waals surface area contributed by atoms with Crippen LogP contribution in [-0.4, -0.2) is 24.6 Å².